The summed E-state index contributed by atoms with van der Waals surface area (Å²) < 4.78 is 13.9. The molecule has 1 saturated heterocycles. The van der Waals surface area contributed by atoms with E-state index < -0.39 is 0 Å². The SMILES string of the molecule is Cc1ccc2[nH]cc(C(=O)CN3CCN(c4ccccc4F)CC3)c2c1. The van der Waals surface area contributed by atoms with E-state index in [2.05, 4.69) is 16.0 Å². The number of nitrogens with zero attached hydrogens (tertiary/aromatic N) is 2. The van der Waals surface area contributed by atoms with Crippen LogP contribution in [-0.2, 0) is 0 Å². The number of benzene rings is 2. The normalized spacial score (nSPS) is 15.5. The maximum absolute atomic E-state index is 13.9. The van der Waals surface area contributed by atoms with Crippen LogP contribution >= 0.6 is 0 Å². The summed E-state index contributed by atoms with van der Waals surface area (Å²) in [5, 5.41) is 0.986. The Balaban J connectivity index is 1.42. The first-order valence-corrected chi connectivity index (χ1v) is 8.94. The summed E-state index contributed by atoms with van der Waals surface area (Å²) in [5.41, 5.74) is 3.53. The molecule has 1 aliphatic heterocycles. The van der Waals surface area contributed by atoms with Crippen molar-refractivity contribution in [3.05, 3.63) is 65.6 Å². The van der Waals surface area contributed by atoms with E-state index in [0.29, 0.717) is 12.2 Å². The van der Waals surface area contributed by atoms with Crippen LogP contribution in [0.5, 0.6) is 0 Å². The van der Waals surface area contributed by atoms with Crippen LogP contribution in [0.3, 0.4) is 0 Å². The van der Waals surface area contributed by atoms with Crippen molar-refractivity contribution < 1.29 is 9.18 Å². The number of Topliss-reactive ketones (excluding diaryl/α,β-unsaturated/α-hetero) is 1. The molecule has 2 heterocycles. The van der Waals surface area contributed by atoms with E-state index in [4.69, 9.17) is 0 Å². The number of para-hydroxylation sites is 1. The number of hydrogen-bond donors (Lipinski definition) is 1. The first-order chi connectivity index (χ1) is 12.6. The Morgan fingerprint density at radius 2 is 1.88 bits per heavy atom. The Kier molecular flexibility index (Phi) is 4.47. The lowest BCUT2D eigenvalue weighted by atomic mass is 10.1. The van der Waals surface area contributed by atoms with Crippen molar-refractivity contribution in [2.24, 2.45) is 0 Å². The maximum atomic E-state index is 13.9. The van der Waals surface area contributed by atoms with E-state index in [1.165, 1.54) is 6.07 Å². The number of hydrogen-bond acceptors (Lipinski definition) is 3. The van der Waals surface area contributed by atoms with Gasteiger partial charge in [-0.05, 0) is 31.2 Å². The smallest absolute Gasteiger partial charge is 0.178 e. The van der Waals surface area contributed by atoms with Crippen LogP contribution in [0.2, 0.25) is 0 Å². The van der Waals surface area contributed by atoms with Crippen LogP contribution in [0.15, 0.2) is 48.7 Å². The first-order valence-electron chi connectivity index (χ1n) is 8.94. The fraction of sp³-hybridized carbons (Fsp3) is 0.286. The second kappa shape index (κ2) is 6.92. The highest BCUT2D eigenvalue weighted by Gasteiger charge is 2.22. The molecule has 0 spiro atoms. The molecular formula is C21H22FN3O. The van der Waals surface area contributed by atoms with Crippen LogP contribution in [-0.4, -0.2) is 48.4 Å². The molecule has 0 unspecified atom stereocenters. The number of rotatable bonds is 4. The molecule has 134 valence electrons. The van der Waals surface area contributed by atoms with Crippen molar-refractivity contribution in [3.8, 4) is 0 Å². The molecule has 4 nitrogen and oxygen atoms in total. The molecule has 0 radical (unpaired) electrons. The molecule has 0 atom stereocenters. The topological polar surface area (TPSA) is 39.3 Å². The van der Waals surface area contributed by atoms with Gasteiger partial charge in [0, 0.05) is 48.8 Å². The summed E-state index contributed by atoms with van der Waals surface area (Å²) in [7, 11) is 0. The van der Waals surface area contributed by atoms with Gasteiger partial charge in [-0.3, -0.25) is 9.69 Å². The number of aryl methyl sites for hydroxylation is 1. The van der Waals surface area contributed by atoms with Crippen LogP contribution in [0.1, 0.15) is 15.9 Å². The quantitative estimate of drug-likeness (QED) is 0.730. The molecule has 1 aromatic heterocycles. The lowest BCUT2D eigenvalue weighted by Crippen LogP contribution is -2.48. The Morgan fingerprint density at radius 3 is 2.65 bits per heavy atom. The molecule has 1 aliphatic rings. The average molecular weight is 351 g/mol. The van der Waals surface area contributed by atoms with Gasteiger partial charge < -0.3 is 9.88 Å². The number of carbonyl (C=O) groups excluding carboxylic acids is 1. The number of ketones is 1. The van der Waals surface area contributed by atoms with Crippen LogP contribution in [0.4, 0.5) is 10.1 Å². The molecule has 0 saturated carbocycles. The largest absolute Gasteiger partial charge is 0.367 e. The minimum absolute atomic E-state index is 0.126. The number of halogens is 1. The Labute approximate surface area is 152 Å². The summed E-state index contributed by atoms with van der Waals surface area (Å²) in [4.78, 5) is 20.1. The fourth-order valence-corrected chi connectivity index (χ4v) is 3.61. The summed E-state index contributed by atoms with van der Waals surface area (Å²) in [5.74, 6) is -0.0626. The van der Waals surface area contributed by atoms with Crippen LogP contribution in [0.25, 0.3) is 10.9 Å². The van der Waals surface area contributed by atoms with Crippen molar-refractivity contribution in [2.75, 3.05) is 37.6 Å². The lowest BCUT2D eigenvalue weighted by Gasteiger charge is -2.35. The predicted octanol–water partition coefficient (Wildman–Crippen LogP) is 3.62. The van der Waals surface area contributed by atoms with Crippen molar-refractivity contribution in [1.82, 2.24) is 9.88 Å². The van der Waals surface area contributed by atoms with Gasteiger partial charge in [0.15, 0.2) is 5.78 Å². The molecular weight excluding hydrogens is 329 g/mol. The van der Waals surface area contributed by atoms with E-state index in [1.807, 2.05) is 42.3 Å². The Morgan fingerprint density at radius 1 is 1.12 bits per heavy atom. The van der Waals surface area contributed by atoms with E-state index in [9.17, 15) is 9.18 Å². The molecule has 0 aliphatic carbocycles. The van der Waals surface area contributed by atoms with E-state index >= 15 is 0 Å². The standard InChI is InChI=1S/C21H22FN3O/c1-15-6-7-19-16(12-15)17(13-23-19)21(26)14-24-8-10-25(11-9-24)20-5-3-2-4-18(20)22/h2-7,12-13,23H,8-11,14H2,1H3. The number of H-pyrrole nitrogens is 1. The zero-order chi connectivity index (χ0) is 18.1. The van der Waals surface area contributed by atoms with Gasteiger partial charge >= 0.3 is 0 Å². The maximum Gasteiger partial charge on any atom is 0.178 e. The molecule has 2 aromatic carbocycles. The minimum Gasteiger partial charge on any atom is -0.367 e. The molecule has 5 heteroatoms. The van der Waals surface area contributed by atoms with Crippen molar-refractivity contribution in [3.63, 3.8) is 0 Å². The van der Waals surface area contributed by atoms with Crippen molar-refractivity contribution >= 4 is 22.4 Å². The van der Waals surface area contributed by atoms with Crippen molar-refractivity contribution in [2.45, 2.75) is 6.92 Å². The zero-order valence-electron chi connectivity index (χ0n) is 14.8. The number of carbonyl (C=O) groups is 1. The highest BCUT2D eigenvalue weighted by atomic mass is 19.1. The number of aromatic nitrogens is 1. The van der Waals surface area contributed by atoms with Gasteiger partial charge in [0.1, 0.15) is 5.82 Å². The minimum atomic E-state index is -0.189. The van der Waals surface area contributed by atoms with Crippen molar-refractivity contribution in [1.29, 1.82) is 0 Å². The third-order valence-electron chi connectivity index (χ3n) is 5.07. The second-order valence-electron chi connectivity index (χ2n) is 6.89. The zero-order valence-corrected chi connectivity index (χ0v) is 14.8. The summed E-state index contributed by atoms with van der Waals surface area (Å²) in [6, 6.07) is 13.0. The Hall–Kier alpha value is -2.66. The number of nitrogens with one attached hydrogen (secondary N) is 1. The van der Waals surface area contributed by atoms with Gasteiger partial charge in [0.05, 0.1) is 12.2 Å². The summed E-state index contributed by atoms with van der Waals surface area (Å²) in [6.07, 6.45) is 1.81. The van der Waals surface area contributed by atoms with Crippen LogP contribution in [0, 0.1) is 12.7 Å². The van der Waals surface area contributed by atoms with Gasteiger partial charge in [0.25, 0.3) is 0 Å². The highest BCUT2D eigenvalue weighted by Crippen LogP contribution is 2.22. The fourth-order valence-electron chi connectivity index (χ4n) is 3.61. The second-order valence-corrected chi connectivity index (χ2v) is 6.89. The summed E-state index contributed by atoms with van der Waals surface area (Å²) >= 11 is 0. The first kappa shape index (κ1) is 16.8. The third-order valence-corrected chi connectivity index (χ3v) is 5.07. The molecule has 0 amide bonds. The molecule has 1 N–H and O–H groups in total. The van der Waals surface area contributed by atoms with Gasteiger partial charge in [-0.2, -0.15) is 0 Å². The number of fused-ring (bicyclic) bond motifs is 1. The van der Waals surface area contributed by atoms with E-state index in [-0.39, 0.29) is 11.6 Å². The number of anilines is 1. The molecule has 26 heavy (non-hydrogen) atoms. The van der Waals surface area contributed by atoms with Crippen LogP contribution < -0.4 is 4.90 Å². The molecule has 1 fully saturated rings. The third kappa shape index (κ3) is 3.22. The van der Waals surface area contributed by atoms with Gasteiger partial charge in [-0.1, -0.05) is 23.8 Å². The number of piperazine rings is 1. The molecule has 4 rings (SSSR count). The van der Waals surface area contributed by atoms with E-state index in [0.717, 1.165) is 48.2 Å². The Bertz CT molecular complexity index is 941. The average Bonchev–Trinajstić information content (AvgIpc) is 3.06. The molecule has 0 bridgehead atoms. The van der Waals surface area contributed by atoms with Gasteiger partial charge in [0.2, 0.25) is 0 Å². The predicted molar refractivity (Wildman–Crippen MR) is 102 cm³/mol. The summed E-state index contributed by atoms with van der Waals surface area (Å²) in [6.45, 7) is 5.37. The monoisotopic (exact) mass is 351 g/mol. The molecule has 3 aromatic rings. The van der Waals surface area contributed by atoms with Gasteiger partial charge in [-0.25, -0.2) is 4.39 Å². The highest BCUT2D eigenvalue weighted by molar-refractivity contribution is 6.08. The van der Waals surface area contributed by atoms with E-state index in [1.54, 1.807) is 6.07 Å². The lowest BCUT2D eigenvalue weighted by molar-refractivity contribution is 0.0928. The van der Waals surface area contributed by atoms with Gasteiger partial charge in [-0.15, -0.1) is 0 Å². The number of aromatic amines is 1.